The Morgan fingerprint density at radius 2 is 1.52 bits per heavy atom. The summed E-state index contributed by atoms with van der Waals surface area (Å²) in [5.41, 5.74) is -2.07. The van der Waals surface area contributed by atoms with Gasteiger partial charge in [-0.25, -0.2) is 4.68 Å². The Balaban J connectivity index is 2.85. The van der Waals surface area contributed by atoms with Crippen molar-refractivity contribution in [2.24, 2.45) is 0 Å². The van der Waals surface area contributed by atoms with E-state index in [0.717, 1.165) is 4.68 Å². The van der Waals surface area contributed by atoms with Gasteiger partial charge < -0.3 is 0 Å². The van der Waals surface area contributed by atoms with Crippen LogP contribution in [0.25, 0.3) is 5.69 Å². The molecular weight excluding hydrogens is 286 g/mol. The summed E-state index contributed by atoms with van der Waals surface area (Å²) in [5, 5.41) is 36.7. The van der Waals surface area contributed by atoms with E-state index in [1.165, 1.54) is 12.4 Å². The zero-order valence-corrected chi connectivity index (χ0v) is 10.5. The van der Waals surface area contributed by atoms with Crippen LogP contribution in [0.5, 0.6) is 0 Å². The molecule has 0 aliphatic carbocycles. The average molecular weight is 293 g/mol. The van der Waals surface area contributed by atoms with Crippen molar-refractivity contribution in [3.8, 4) is 5.69 Å². The van der Waals surface area contributed by atoms with E-state index in [4.69, 9.17) is 0 Å². The van der Waals surface area contributed by atoms with E-state index in [1.807, 2.05) is 0 Å². The van der Waals surface area contributed by atoms with E-state index in [1.54, 1.807) is 6.92 Å². The second kappa shape index (κ2) is 4.96. The summed E-state index contributed by atoms with van der Waals surface area (Å²) in [4.78, 5) is 30.1. The number of nitro benzene ring substituents is 3. The van der Waals surface area contributed by atoms with Crippen LogP contribution in [-0.2, 0) is 0 Å². The topological polar surface area (TPSA) is 147 Å². The van der Waals surface area contributed by atoms with Crippen LogP contribution in [0.3, 0.4) is 0 Å². The Bertz CT molecular complexity index is 732. The number of non-ortho nitro benzene ring substituents is 1. The maximum atomic E-state index is 11.1. The van der Waals surface area contributed by atoms with Crippen LogP contribution in [0.2, 0.25) is 0 Å². The van der Waals surface area contributed by atoms with Gasteiger partial charge in [0.2, 0.25) is 5.69 Å². The number of rotatable bonds is 4. The molecule has 108 valence electrons. The zero-order chi connectivity index (χ0) is 15.7. The molecule has 0 aliphatic rings. The normalized spacial score (nSPS) is 10.3. The van der Waals surface area contributed by atoms with E-state index in [-0.39, 0.29) is 0 Å². The first-order valence-electron chi connectivity index (χ1n) is 5.44. The van der Waals surface area contributed by atoms with Crippen molar-refractivity contribution in [3.05, 3.63) is 60.4 Å². The minimum absolute atomic E-state index is 0.427. The molecule has 11 heteroatoms. The predicted octanol–water partition coefficient (Wildman–Crippen LogP) is 1.91. The molecular formula is C10H7N5O6. The van der Waals surface area contributed by atoms with Gasteiger partial charge in [0.15, 0.2) is 0 Å². The lowest BCUT2D eigenvalue weighted by molar-refractivity contribution is -0.402. The fourth-order valence-corrected chi connectivity index (χ4v) is 1.74. The molecule has 0 fully saturated rings. The summed E-state index contributed by atoms with van der Waals surface area (Å²) in [6.07, 6.45) is 2.70. The third-order valence-corrected chi connectivity index (χ3v) is 2.60. The molecule has 0 saturated heterocycles. The maximum Gasteiger partial charge on any atom is 0.308 e. The number of nitro groups is 3. The largest absolute Gasteiger partial charge is 0.308 e. The fraction of sp³-hybridized carbons (Fsp3) is 0.100. The lowest BCUT2D eigenvalue weighted by Crippen LogP contribution is -2.06. The van der Waals surface area contributed by atoms with E-state index in [0.29, 0.717) is 17.7 Å². The summed E-state index contributed by atoms with van der Waals surface area (Å²) in [7, 11) is 0. The molecule has 0 amide bonds. The van der Waals surface area contributed by atoms with Gasteiger partial charge in [-0.2, -0.15) is 5.10 Å². The first kappa shape index (κ1) is 14.0. The molecule has 11 nitrogen and oxygen atoms in total. The molecule has 0 saturated carbocycles. The minimum atomic E-state index is -0.932. The highest BCUT2D eigenvalue weighted by molar-refractivity contribution is 5.69. The van der Waals surface area contributed by atoms with Crippen molar-refractivity contribution < 1.29 is 14.8 Å². The number of nitrogens with zero attached hydrogens (tertiary/aromatic N) is 5. The first-order chi connectivity index (χ1) is 9.81. The third kappa shape index (κ3) is 2.51. The molecule has 21 heavy (non-hydrogen) atoms. The van der Waals surface area contributed by atoms with Crippen molar-refractivity contribution in [1.82, 2.24) is 9.78 Å². The van der Waals surface area contributed by atoms with Crippen LogP contribution < -0.4 is 0 Å². The molecule has 1 aromatic heterocycles. The third-order valence-electron chi connectivity index (χ3n) is 2.60. The van der Waals surface area contributed by atoms with Gasteiger partial charge >= 0.3 is 11.4 Å². The molecule has 0 bridgehead atoms. The highest BCUT2D eigenvalue weighted by Crippen LogP contribution is 2.36. The zero-order valence-electron chi connectivity index (χ0n) is 10.5. The molecule has 0 spiro atoms. The average Bonchev–Trinajstić information content (AvgIpc) is 2.83. The standard InChI is InChI=1S/C10H7N5O6/c1-6-4-11-12(5-6)10-8(14(18)19)2-7(13(16)17)3-9(10)15(20)21/h2-5H,1H3. The second-order valence-electron chi connectivity index (χ2n) is 4.07. The molecule has 0 radical (unpaired) electrons. The monoisotopic (exact) mass is 293 g/mol. The highest BCUT2D eigenvalue weighted by Gasteiger charge is 2.32. The molecule has 0 N–H and O–H groups in total. The minimum Gasteiger partial charge on any atom is -0.258 e. The number of benzene rings is 1. The number of hydrogen-bond acceptors (Lipinski definition) is 7. The molecule has 1 heterocycles. The van der Waals surface area contributed by atoms with Crippen LogP contribution in [0.15, 0.2) is 24.5 Å². The second-order valence-corrected chi connectivity index (χ2v) is 4.07. The van der Waals surface area contributed by atoms with Gasteiger partial charge in [0.05, 0.1) is 33.1 Å². The van der Waals surface area contributed by atoms with Gasteiger partial charge in [-0.1, -0.05) is 0 Å². The van der Waals surface area contributed by atoms with Gasteiger partial charge in [0, 0.05) is 6.20 Å². The number of hydrogen-bond donors (Lipinski definition) is 0. The van der Waals surface area contributed by atoms with Gasteiger partial charge in [0.1, 0.15) is 0 Å². The first-order valence-corrected chi connectivity index (χ1v) is 5.44. The summed E-state index contributed by atoms with van der Waals surface area (Å²) in [5.74, 6) is 0. The smallest absolute Gasteiger partial charge is 0.258 e. The van der Waals surface area contributed by atoms with Crippen molar-refractivity contribution >= 4 is 17.1 Å². The molecule has 0 aliphatic heterocycles. The number of aryl methyl sites for hydroxylation is 1. The molecule has 0 unspecified atom stereocenters. The lowest BCUT2D eigenvalue weighted by atomic mass is 10.2. The summed E-state index contributed by atoms with van der Waals surface area (Å²) < 4.78 is 0.954. The van der Waals surface area contributed by atoms with Crippen molar-refractivity contribution in [2.45, 2.75) is 6.92 Å². The Kier molecular flexibility index (Phi) is 3.32. The Morgan fingerprint density at radius 3 is 1.86 bits per heavy atom. The molecule has 1 aromatic carbocycles. The Hall–Kier alpha value is -3.37. The van der Waals surface area contributed by atoms with Crippen molar-refractivity contribution in [2.75, 3.05) is 0 Å². The van der Waals surface area contributed by atoms with Crippen LogP contribution in [0.1, 0.15) is 5.56 Å². The van der Waals surface area contributed by atoms with E-state index in [2.05, 4.69) is 5.10 Å². The predicted molar refractivity (Wildman–Crippen MR) is 68.3 cm³/mol. The van der Waals surface area contributed by atoms with Crippen molar-refractivity contribution in [3.63, 3.8) is 0 Å². The molecule has 2 rings (SSSR count). The van der Waals surface area contributed by atoms with Crippen LogP contribution in [-0.4, -0.2) is 24.6 Å². The highest BCUT2D eigenvalue weighted by atomic mass is 16.6. The van der Waals surface area contributed by atoms with Crippen LogP contribution in [0.4, 0.5) is 17.1 Å². The van der Waals surface area contributed by atoms with Crippen molar-refractivity contribution in [1.29, 1.82) is 0 Å². The Labute approximate surface area is 115 Å². The van der Waals surface area contributed by atoms with E-state index in [9.17, 15) is 30.3 Å². The summed E-state index contributed by atoms with van der Waals surface area (Å²) >= 11 is 0. The van der Waals surface area contributed by atoms with Gasteiger partial charge in [-0.05, 0) is 12.5 Å². The van der Waals surface area contributed by atoms with Gasteiger partial charge in [-0.15, -0.1) is 0 Å². The number of aromatic nitrogens is 2. The van der Waals surface area contributed by atoms with Gasteiger partial charge in [-0.3, -0.25) is 30.3 Å². The van der Waals surface area contributed by atoms with Crippen LogP contribution in [0, 0.1) is 37.3 Å². The summed E-state index contributed by atoms with van der Waals surface area (Å²) in [6, 6.07) is 1.33. The lowest BCUT2D eigenvalue weighted by Gasteiger charge is -2.04. The van der Waals surface area contributed by atoms with Gasteiger partial charge in [0.25, 0.3) is 5.69 Å². The van der Waals surface area contributed by atoms with Crippen LogP contribution >= 0.6 is 0 Å². The molecule has 2 aromatic rings. The maximum absolute atomic E-state index is 11.1. The summed E-state index contributed by atoms with van der Waals surface area (Å²) in [6.45, 7) is 1.65. The SMILES string of the molecule is Cc1cnn(-c2c([N+](=O)[O-])cc([N+](=O)[O-])cc2[N+](=O)[O-])c1. The van der Waals surface area contributed by atoms with E-state index < -0.39 is 37.5 Å². The van der Waals surface area contributed by atoms with E-state index >= 15 is 0 Å². The quantitative estimate of drug-likeness (QED) is 0.617. The fourth-order valence-electron chi connectivity index (χ4n) is 1.74. The molecule has 0 atom stereocenters. The Morgan fingerprint density at radius 1 is 1.00 bits per heavy atom.